The Morgan fingerprint density at radius 3 is 2.78 bits per heavy atom. The molecule has 3 rings (SSSR count). The van der Waals surface area contributed by atoms with Crippen LogP contribution in [-0.4, -0.2) is 38.8 Å². The number of carbonyl (C=O) groups is 1. The topological polar surface area (TPSA) is 71.0 Å². The van der Waals surface area contributed by atoms with E-state index in [1.807, 2.05) is 39.0 Å². The van der Waals surface area contributed by atoms with Crippen molar-refractivity contribution in [1.29, 1.82) is 0 Å². The van der Waals surface area contributed by atoms with Gasteiger partial charge in [0, 0.05) is 19.3 Å². The van der Waals surface area contributed by atoms with Crippen LogP contribution in [0.3, 0.4) is 0 Å². The number of nitrogens with zero attached hydrogens (tertiary/aromatic N) is 4. The number of fused-ring (bicyclic) bond motifs is 1. The first kappa shape index (κ1) is 19.0. The largest absolute Gasteiger partial charge is 0.364 e. The SMILES string of the molecule is C=C(C)CN(CC)C(=O)c1sc2ncnc(NCc3ccccn3)c2c1C. The molecule has 0 bridgehead atoms. The minimum Gasteiger partial charge on any atom is -0.364 e. The molecule has 1 amide bonds. The molecule has 0 atom stereocenters. The molecule has 0 saturated heterocycles. The molecule has 3 aromatic heterocycles. The standard InChI is InChI=1S/C20H23N5OS/c1-5-25(11-13(2)3)20(26)17-14(4)16-18(23-12-24-19(16)27-17)22-10-15-8-6-7-9-21-15/h6-9,12H,2,5,10-11H2,1,3-4H3,(H,22,23,24). The molecule has 27 heavy (non-hydrogen) atoms. The number of amides is 1. The predicted octanol–water partition coefficient (Wildman–Crippen LogP) is 4.05. The molecule has 1 N–H and O–H groups in total. The highest BCUT2D eigenvalue weighted by atomic mass is 32.1. The number of thiophene rings is 1. The van der Waals surface area contributed by atoms with Gasteiger partial charge in [-0.25, -0.2) is 9.97 Å². The van der Waals surface area contributed by atoms with Gasteiger partial charge in [0.05, 0.1) is 22.5 Å². The fourth-order valence-electron chi connectivity index (χ4n) is 2.88. The van der Waals surface area contributed by atoms with Crippen LogP contribution in [0.15, 0.2) is 42.9 Å². The molecule has 140 valence electrons. The summed E-state index contributed by atoms with van der Waals surface area (Å²) in [7, 11) is 0. The van der Waals surface area contributed by atoms with Gasteiger partial charge in [0.15, 0.2) is 0 Å². The third-order valence-electron chi connectivity index (χ3n) is 4.21. The van der Waals surface area contributed by atoms with Gasteiger partial charge in [-0.05, 0) is 38.5 Å². The summed E-state index contributed by atoms with van der Waals surface area (Å²) in [6.07, 6.45) is 3.29. The molecule has 0 aromatic carbocycles. The predicted molar refractivity (Wildman–Crippen MR) is 110 cm³/mol. The van der Waals surface area contributed by atoms with Crippen LogP contribution in [0.4, 0.5) is 5.82 Å². The highest BCUT2D eigenvalue weighted by Gasteiger charge is 2.23. The summed E-state index contributed by atoms with van der Waals surface area (Å²) in [5.74, 6) is 0.734. The van der Waals surface area contributed by atoms with Crippen molar-refractivity contribution in [1.82, 2.24) is 19.9 Å². The molecule has 7 heteroatoms. The Hall–Kier alpha value is -2.80. The third kappa shape index (κ3) is 4.14. The average molecular weight is 382 g/mol. The number of aromatic nitrogens is 3. The van der Waals surface area contributed by atoms with Gasteiger partial charge >= 0.3 is 0 Å². The van der Waals surface area contributed by atoms with Gasteiger partial charge in [0.1, 0.15) is 17.0 Å². The summed E-state index contributed by atoms with van der Waals surface area (Å²) in [6.45, 7) is 11.5. The lowest BCUT2D eigenvalue weighted by molar-refractivity contribution is 0.0782. The minimum atomic E-state index is 0.0108. The van der Waals surface area contributed by atoms with Gasteiger partial charge in [-0.3, -0.25) is 9.78 Å². The fraction of sp³-hybridized carbons (Fsp3) is 0.300. The number of anilines is 1. The first-order valence-electron chi connectivity index (χ1n) is 8.82. The number of nitrogens with one attached hydrogen (secondary N) is 1. The first-order valence-corrected chi connectivity index (χ1v) is 9.64. The second-order valence-corrected chi connectivity index (χ2v) is 7.41. The van der Waals surface area contributed by atoms with Gasteiger partial charge < -0.3 is 10.2 Å². The molecular weight excluding hydrogens is 358 g/mol. The van der Waals surface area contributed by atoms with Crippen LogP contribution in [0.1, 0.15) is 34.8 Å². The number of aryl methyl sites for hydroxylation is 1. The van der Waals surface area contributed by atoms with E-state index in [4.69, 9.17) is 0 Å². The highest BCUT2D eigenvalue weighted by Crippen LogP contribution is 2.34. The normalized spacial score (nSPS) is 10.8. The van der Waals surface area contributed by atoms with Crippen LogP contribution >= 0.6 is 11.3 Å². The van der Waals surface area contributed by atoms with Gasteiger partial charge in [-0.2, -0.15) is 0 Å². The van der Waals surface area contributed by atoms with Crippen LogP contribution in [0.5, 0.6) is 0 Å². The number of pyridine rings is 1. The van der Waals surface area contributed by atoms with Gasteiger partial charge in [0.25, 0.3) is 5.91 Å². The highest BCUT2D eigenvalue weighted by molar-refractivity contribution is 7.20. The number of likely N-dealkylation sites (N-methyl/N-ethyl adjacent to an activating group) is 1. The van der Waals surface area contributed by atoms with E-state index in [2.05, 4.69) is 26.8 Å². The first-order chi connectivity index (χ1) is 13.0. The molecule has 3 heterocycles. The van der Waals surface area contributed by atoms with E-state index < -0.39 is 0 Å². The quantitative estimate of drug-likeness (QED) is 0.625. The lowest BCUT2D eigenvalue weighted by Gasteiger charge is -2.20. The number of hydrogen-bond acceptors (Lipinski definition) is 6. The second kappa shape index (κ2) is 8.26. The number of carbonyl (C=O) groups excluding carboxylic acids is 1. The summed E-state index contributed by atoms with van der Waals surface area (Å²) in [6, 6.07) is 5.79. The van der Waals surface area contributed by atoms with E-state index in [9.17, 15) is 4.79 Å². The van der Waals surface area contributed by atoms with Gasteiger partial charge in [-0.1, -0.05) is 18.2 Å². The fourth-order valence-corrected chi connectivity index (χ4v) is 4.00. The van der Waals surface area contributed by atoms with Crippen molar-refractivity contribution in [2.75, 3.05) is 18.4 Å². The lowest BCUT2D eigenvalue weighted by Crippen LogP contribution is -2.31. The van der Waals surface area contributed by atoms with E-state index >= 15 is 0 Å². The maximum Gasteiger partial charge on any atom is 0.264 e. The molecular formula is C20H23N5OS. The Kier molecular flexibility index (Phi) is 5.81. The van der Waals surface area contributed by atoms with Crippen LogP contribution in [0.2, 0.25) is 0 Å². The summed E-state index contributed by atoms with van der Waals surface area (Å²) in [5.41, 5.74) is 2.79. The summed E-state index contributed by atoms with van der Waals surface area (Å²) in [4.78, 5) is 29.4. The Morgan fingerprint density at radius 2 is 2.11 bits per heavy atom. The maximum atomic E-state index is 13.0. The van der Waals surface area contributed by atoms with Crippen molar-refractivity contribution in [3.05, 3.63) is 59.0 Å². The monoisotopic (exact) mass is 381 g/mol. The molecule has 3 aromatic rings. The van der Waals surface area contributed by atoms with Crippen molar-refractivity contribution in [2.45, 2.75) is 27.3 Å². The molecule has 6 nitrogen and oxygen atoms in total. The van der Waals surface area contributed by atoms with Crippen LogP contribution < -0.4 is 5.32 Å². The number of hydrogen-bond donors (Lipinski definition) is 1. The van der Waals surface area contributed by atoms with Crippen LogP contribution in [-0.2, 0) is 6.54 Å². The molecule has 0 saturated carbocycles. The van der Waals surface area contributed by atoms with E-state index in [-0.39, 0.29) is 5.91 Å². The molecule has 0 fully saturated rings. The molecule has 0 aliphatic rings. The van der Waals surface area contributed by atoms with E-state index in [1.165, 1.54) is 17.7 Å². The zero-order chi connectivity index (χ0) is 19.4. The van der Waals surface area contributed by atoms with Gasteiger partial charge in [-0.15, -0.1) is 11.3 Å². The van der Waals surface area contributed by atoms with Crippen molar-refractivity contribution in [2.24, 2.45) is 0 Å². The molecule has 0 unspecified atom stereocenters. The van der Waals surface area contributed by atoms with Crippen LogP contribution in [0, 0.1) is 6.92 Å². The minimum absolute atomic E-state index is 0.0108. The van der Waals surface area contributed by atoms with Gasteiger partial charge in [0.2, 0.25) is 0 Å². The van der Waals surface area contributed by atoms with E-state index in [0.29, 0.717) is 24.5 Å². The van der Waals surface area contributed by atoms with E-state index in [0.717, 1.165) is 32.9 Å². The zero-order valence-electron chi connectivity index (χ0n) is 15.8. The third-order valence-corrected chi connectivity index (χ3v) is 5.40. The summed E-state index contributed by atoms with van der Waals surface area (Å²) in [5, 5.41) is 4.22. The Bertz CT molecular complexity index is 967. The maximum absolute atomic E-state index is 13.0. The lowest BCUT2D eigenvalue weighted by atomic mass is 10.1. The number of rotatable bonds is 7. The molecule has 0 aliphatic carbocycles. The Morgan fingerprint density at radius 1 is 1.30 bits per heavy atom. The molecule has 0 spiro atoms. The Balaban J connectivity index is 1.92. The van der Waals surface area contributed by atoms with Crippen molar-refractivity contribution >= 4 is 33.3 Å². The summed E-state index contributed by atoms with van der Waals surface area (Å²) < 4.78 is 0. The second-order valence-electron chi connectivity index (χ2n) is 6.41. The van der Waals surface area contributed by atoms with Crippen molar-refractivity contribution in [3.63, 3.8) is 0 Å². The zero-order valence-corrected chi connectivity index (χ0v) is 16.6. The van der Waals surface area contributed by atoms with Crippen molar-refractivity contribution in [3.8, 4) is 0 Å². The average Bonchev–Trinajstić information content (AvgIpc) is 3.02. The smallest absolute Gasteiger partial charge is 0.264 e. The molecule has 0 aliphatic heterocycles. The molecule has 0 radical (unpaired) electrons. The van der Waals surface area contributed by atoms with E-state index in [1.54, 1.807) is 11.1 Å². The van der Waals surface area contributed by atoms with Crippen molar-refractivity contribution < 1.29 is 4.79 Å². The summed E-state index contributed by atoms with van der Waals surface area (Å²) >= 11 is 1.41. The Labute approximate surface area is 163 Å². The van der Waals surface area contributed by atoms with Crippen LogP contribution in [0.25, 0.3) is 10.2 Å².